The van der Waals surface area contributed by atoms with Crippen LogP contribution in [0.15, 0.2) is 24.5 Å². The van der Waals surface area contributed by atoms with Crippen LogP contribution in [-0.4, -0.2) is 30.1 Å². The first-order valence-corrected chi connectivity index (χ1v) is 5.18. The molecule has 1 saturated heterocycles. The van der Waals surface area contributed by atoms with Gasteiger partial charge in [-0.05, 0) is 31.5 Å². The first kappa shape index (κ1) is 10.1. The normalized spacial score (nSPS) is 20.9. The number of esters is 1. The fraction of sp³-hybridized carbons (Fsp3) is 0.455. The first-order chi connectivity index (χ1) is 7.36. The molecule has 0 spiro atoms. The number of hydrogen-bond acceptors (Lipinski definition) is 4. The lowest BCUT2D eigenvalue weighted by Crippen LogP contribution is -2.36. The van der Waals surface area contributed by atoms with Crippen LogP contribution < -0.4 is 5.32 Å². The van der Waals surface area contributed by atoms with Gasteiger partial charge in [-0.1, -0.05) is 0 Å². The van der Waals surface area contributed by atoms with Crippen molar-refractivity contribution in [1.29, 1.82) is 0 Å². The average Bonchev–Trinajstić information content (AvgIpc) is 2.31. The quantitative estimate of drug-likeness (QED) is 0.733. The molecule has 1 aliphatic heterocycles. The Morgan fingerprint density at radius 3 is 3.20 bits per heavy atom. The molecule has 1 aliphatic rings. The van der Waals surface area contributed by atoms with Crippen LogP contribution in [0.5, 0.6) is 0 Å². The molecule has 1 aromatic heterocycles. The van der Waals surface area contributed by atoms with Crippen molar-refractivity contribution in [3.8, 4) is 0 Å². The lowest BCUT2D eigenvalue weighted by Gasteiger charge is -2.22. The predicted octanol–water partition coefficient (Wildman–Crippen LogP) is 0.990. The molecule has 0 unspecified atom stereocenters. The second-order valence-electron chi connectivity index (χ2n) is 3.62. The summed E-state index contributed by atoms with van der Waals surface area (Å²) < 4.78 is 5.34. The van der Waals surface area contributed by atoms with E-state index in [9.17, 15) is 4.79 Å². The van der Waals surface area contributed by atoms with Crippen molar-refractivity contribution in [2.45, 2.75) is 18.9 Å². The van der Waals surface area contributed by atoms with E-state index in [0.717, 1.165) is 25.9 Å². The molecular formula is C11H14N2O2. The summed E-state index contributed by atoms with van der Waals surface area (Å²) in [5, 5.41) is 3.20. The van der Waals surface area contributed by atoms with Gasteiger partial charge in [-0.15, -0.1) is 0 Å². The largest absolute Gasteiger partial charge is 0.457 e. The maximum absolute atomic E-state index is 11.6. The zero-order chi connectivity index (χ0) is 10.5. The van der Waals surface area contributed by atoms with Gasteiger partial charge in [0.15, 0.2) is 0 Å². The van der Waals surface area contributed by atoms with Gasteiger partial charge in [0.2, 0.25) is 0 Å². The lowest BCUT2D eigenvalue weighted by molar-refractivity contribution is 0.0245. The number of piperidine rings is 1. The van der Waals surface area contributed by atoms with Crippen molar-refractivity contribution < 1.29 is 9.53 Å². The topological polar surface area (TPSA) is 51.2 Å². The number of carbonyl (C=O) groups excluding carboxylic acids is 1. The zero-order valence-electron chi connectivity index (χ0n) is 8.48. The molecule has 0 aliphatic carbocycles. The molecular weight excluding hydrogens is 192 g/mol. The van der Waals surface area contributed by atoms with Crippen LogP contribution in [0.4, 0.5) is 0 Å². The SMILES string of the molecule is O=C(O[C@H]1CCCNC1)c1cccnc1. The van der Waals surface area contributed by atoms with Crippen molar-refractivity contribution in [3.63, 3.8) is 0 Å². The number of nitrogens with zero attached hydrogens (tertiary/aromatic N) is 1. The van der Waals surface area contributed by atoms with Gasteiger partial charge in [-0.2, -0.15) is 0 Å². The maximum atomic E-state index is 11.6. The van der Waals surface area contributed by atoms with Gasteiger partial charge in [0.1, 0.15) is 6.10 Å². The van der Waals surface area contributed by atoms with E-state index in [4.69, 9.17) is 4.74 Å². The van der Waals surface area contributed by atoms with E-state index in [0.29, 0.717) is 5.56 Å². The summed E-state index contributed by atoms with van der Waals surface area (Å²) >= 11 is 0. The monoisotopic (exact) mass is 206 g/mol. The molecule has 0 amide bonds. The van der Waals surface area contributed by atoms with Crippen molar-refractivity contribution in [1.82, 2.24) is 10.3 Å². The Morgan fingerprint density at radius 2 is 2.53 bits per heavy atom. The summed E-state index contributed by atoms with van der Waals surface area (Å²) in [4.78, 5) is 15.5. The van der Waals surface area contributed by atoms with Crippen LogP contribution in [0, 0.1) is 0 Å². The van der Waals surface area contributed by atoms with E-state index in [1.54, 1.807) is 18.3 Å². The molecule has 15 heavy (non-hydrogen) atoms. The van der Waals surface area contributed by atoms with Gasteiger partial charge in [0.25, 0.3) is 0 Å². The minimum absolute atomic E-state index is 0.00598. The Labute approximate surface area is 88.7 Å². The van der Waals surface area contributed by atoms with Crippen LogP contribution in [0.2, 0.25) is 0 Å². The second kappa shape index (κ2) is 4.89. The Bertz CT molecular complexity index is 321. The number of aromatic nitrogens is 1. The molecule has 0 radical (unpaired) electrons. The maximum Gasteiger partial charge on any atom is 0.340 e. The molecule has 0 aromatic carbocycles. The van der Waals surface area contributed by atoms with E-state index in [1.807, 2.05) is 0 Å². The third-order valence-electron chi connectivity index (χ3n) is 2.42. The Morgan fingerprint density at radius 1 is 1.60 bits per heavy atom. The van der Waals surface area contributed by atoms with Crippen LogP contribution in [0.1, 0.15) is 23.2 Å². The number of carbonyl (C=O) groups is 1. The van der Waals surface area contributed by atoms with Gasteiger partial charge < -0.3 is 10.1 Å². The molecule has 0 saturated carbocycles. The molecule has 1 N–H and O–H groups in total. The van der Waals surface area contributed by atoms with Crippen LogP contribution in [0.3, 0.4) is 0 Å². The van der Waals surface area contributed by atoms with Crippen LogP contribution >= 0.6 is 0 Å². The fourth-order valence-electron chi connectivity index (χ4n) is 1.62. The van der Waals surface area contributed by atoms with Crippen molar-refractivity contribution in [3.05, 3.63) is 30.1 Å². The third kappa shape index (κ3) is 2.76. The predicted molar refractivity (Wildman–Crippen MR) is 55.5 cm³/mol. The standard InChI is InChI=1S/C11H14N2O2/c14-11(9-3-1-5-12-7-9)15-10-4-2-6-13-8-10/h1,3,5,7,10,13H,2,4,6,8H2/t10-/m0/s1. The Kier molecular flexibility index (Phi) is 3.29. The van der Waals surface area contributed by atoms with E-state index in [2.05, 4.69) is 10.3 Å². The summed E-state index contributed by atoms with van der Waals surface area (Å²) in [6.45, 7) is 1.77. The summed E-state index contributed by atoms with van der Waals surface area (Å²) in [6.07, 6.45) is 5.17. The number of pyridine rings is 1. The van der Waals surface area contributed by atoms with Crippen molar-refractivity contribution in [2.24, 2.45) is 0 Å². The van der Waals surface area contributed by atoms with Gasteiger partial charge in [-0.25, -0.2) is 4.79 Å². The first-order valence-electron chi connectivity index (χ1n) is 5.18. The number of nitrogens with one attached hydrogen (secondary N) is 1. The molecule has 80 valence electrons. The zero-order valence-corrected chi connectivity index (χ0v) is 8.48. The molecule has 2 rings (SSSR count). The van der Waals surface area contributed by atoms with Crippen LogP contribution in [-0.2, 0) is 4.74 Å². The molecule has 1 aromatic rings. The minimum Gasteiger partial charge on any atom is -0.457 e. The highest BCUT2D eigenvalue weighted by molar-refractivity contribution is 5.89. The molecule has 2 heterocycles. The number of hydrogen-bond donors (Lipinski definition) is 1. The molecule has 1 fully saturated rings. The highest BCUT2D eigenvalue weighted by Gasteiger charge is 2.18. The van der Waals surface area contributed by atoms with Gasteiger partial charge in [0.05, 0.1) is 5.56 Å². The van der Waals surface area contributed by atoms with Crippen molar-refractivity contribution in [2.75, 3.05) is 13.1 Å². The average molecular weight is 206 g/mol. The van der Waals surface area contributed by atoms with Crippen LogP contribution in [0.25, 0.3) is 0 Å². The minimum atomic E-state index is -0.281. The van der Waals surface area contributed by atoms with Gasteiger partial charge in [0, 0.05) is 18.9 Å². The summed E-state index contributed by atoms with van der Waals surface area (Å²) in [5.74, 6) is -0.281. The molecule has 4 heteroatoms. The summed E-state index contributed by atoms with van der Waals surface area (Å²) in [7, 11) is 0. The van der Waals surface area contributed by atoms with Gasteiger partial charge >= 0.3 is 5.97 Å². The summed E-state index contributed by atoms with van der Waals surface area (Å²) in [6, 6.07) is 3.45. The highest BCUT2D eigenvalue weighted by Crippen LogP contribution is 2.09. The highest BCUT2D eigenvalue weighted by atomic mass is 16.5. The Hall–Kier alpha value is -1.42. The van der Waals surface area contributed by atoms with Gasteiger partial charge in [-0.3, -0.25) is 4.98 Å². The third-order valence-corrected chi connectivity index (χ3v) is 2.42. The molecule has 4 nitrogen and oxygen atoms in total. The number of rotatable bonds is 2. The lowest BCUT2D eigenvalue weighted by atomic mass is 10.1. The Balaban J connectivity index is 1.91. The molecule has 1 atom stereocenters. The molecule has 0 bridgehead atoms. The van der Waals surface area contributed by atoms with E-state index < -0.39 is 0 Å². The fourth-order valence-corrected chi connectivity index (χ4v) is 1.62. The van der Waals surface area contributed by atoms with E-state index >= 15 is 0 Å². The summed E-state index contributed by atoms with van der Waals surface area (Å²) in [5.41, 5.74) is 0.517. The van der Waals surface area contributed by atoms with Crippen molar-refractivity contribution >= 4 is 5.97 Å². The second-order valence-corrected chi connectivity index (χ2v) is 3.62. The van der Waals surface area contributed by atoms with E-state index in [1.165, 1.54) is 6.20 Å². The van der Waals surface area contributed by atoms with E-state index in [-0.39, 0.29) is 12.1 Å². The number of ether oxygens (including phenoxy) is 1. The smallest absolute Gasteiger partial charge is 0.340 e.